The summed E-state index contributed by atoms with van der Waals surface area (Å²) in [5, 5.41) is 18.0. The van der Waals surface area contributed by atoms with Crippen LogP contribution >= 0.6 is 0 Å². The molecule has 4 amide bonds. The highest BCUT2D eigenvalue weighted by Gasteiger charge is 2.40. The highest BCUT2D eigenvalue weighted by atomic mass is 16.4. The van der Waals surface area contributed by atoms with Gasteiger partial charge in [0, 0.05) is 24.4 Å². The number of carboxylic acids is 1. The number of carboxylic acid groups (broad SMARTS) is 1. The Morgan fingerprint density at radius 1 is 0.929 bits per heavy atom. The average molecular weight is 589 g/mol. The number of likely N-dealkylation sites (tertiary alicyclic amines) is 1. The Labute approximate surface area is 250 Å². The number of hydrogen-bond acceptors (Lipinski definition) is 5. The fourth-order valence-electron chi connectivity index (χ4n) is 6.39. The van der Waals surface area contributed by atoms with E-state index in [1.807, 2.05) is 12.2 Å². The third-order valence-corrected chi connectivity index (χ3v) is 9.21. The van der Waals surface area contributed by atoms with Gasteiger partial charge in [-0.3, -0.25) is 14.4 Å². The normalized spacial score (nSPS) is 22.3. The molecule has 236 valence electrons. The third-order valence-electron chi connectivity index (χ3n) is 9.21. The quantitative estimate of drug-likeness (QED) is 0.157. The van der Waals surface area contributed by atoms with Gasteiger partial charge < -0.3 is 26.0 Å². The van der Waals surface area contributed by atoms with Crippen molar-refractivity contribution < 1.29 is 29.1 Å². The van der Waals surface area contributed by atoms with E-state index in [4.69, 9.17) is 0 Å². The molecular weight excluding hydrogens is 536 g/mol. The van der Waals surface area contributed by atoms with Crippen molar-refractivity contribution in [2.24, 2.45) is 23.7 Å². The van der Waals surface area contributed by atoms with Crippen LogP contribution in [0.1, 0.15) is 104 Å². The monoisotopic (exact) mass is 588 g/mol. The van der Waals surface area contributed by atoms with Crippen LogP contribution < -0.4 is 16.0 Å². The molecule has 10 nitrogen and oxygen atoms in total. The maximum atomic E-state index is 13.1. The smallest absolute Gasteiger partial charge is 0.326 e. The van der Waals surface area contributed by atoms with E-state index in [1.165, 1.54) is 0 Å². The van der Waals surface area contributed by atoms with Gasteiger partial charge in [-0.15, -0.1) is 0 Å². The second kappa shape index (κ2) is 16.7. The molecule has 10 heteroatoms. The maximum absolute atomic E-state index is 13.1. The van der Waals surface area contributed by atoms with Crippen LogP contribution in [-0.4, -0.2) is 70.8 Å². The SMILES string of the molecule is CCCCC/C=C\C(C)C(NC(=O)[C@H](C)C1CCCN1C(=O)CNC(=O)NC(C(=O)C1CC1)C1CCCCC1)C(=O)O. The van der Waals surface area contributed by atoms with Crippen LogP contribution in [0, 0.1) is 23.7 Å². The number of rotatable bonds is 16. The number of hydrogen-bond donors (Lipinski definition) is 4. The molecule has 0 bridgehead atoms. The molecule has 3 rings (SSSR count). The lowest BCUT2D eigenvalue weighted by molar-refractivity contribution is -0.144. The highest BCUT2D eigenvalue weighted by molar-refractivity contribution is 5.93. The number of urea groups is 1. The first-order valence-corrected chi connectivity index (χ1v) is 16.2. The van der Waals surface area contributed by atoms with Gasteiger partial charge in [0.2, 0.25) is 11.8 Å². The van der Waals surface area contributed by atoms with E-state index in [9.17, 15) is 29.1 Å². The van der Waals surface area contributed by atoms with Gasteiger partial charge in [-0.2, -0.15) is 0 Å². The van der Waals surface area contributed by atoms with Gasteiger partial charge >= 0.3 is 12.0 Å². The predicted octanol–water partition coefficient (Wildman–Crippen LogP) is 4.18. The molecule has 3 fully saturated rings. The molecule has 0 aromatic heterocycles. The lowest BCUT2D eigenvalue weighted by atomic mass is 9.81. The van der Waals surface area contributed by atoms with Gasteiger partial charge in [0.25, 0.3) is 0 Å². The van der Waals surface area contributed by atoms with Crippen LogP contribution in [0.15, 0.2) is 12.2 Å². The molecule has 0 aromatic carbocycles. The van der Waals surface area contributed by atoms with E-state index >= 15 is 0 Å². The van der Waals surface area contributed by atoms with E-state index in [1.54, 1.807) is 18.7 Å². The van der Waals surface area contributed by atoms with Crippen LogP contribution in [0.5, 0.6) is 0 Å². The number of Topliss-reactive ketones (excluding diaryl/α,β-unsaturated/α-hetero) is 1. The first-order valence-electron chi connectivity index (χ1n) is 16.2. The van der Waals surface area contributed by atoms with Crippen LogP contribution in [0.4, 0.5) is 4.79 Å². The van der Waals surface area contributed by atoms with Gasteiger partial charge in [0.15, 0.2) is 5.78 Å². The van der Waals surface area contributed by atoms with E-state index in [0.717, 1.165) is 77.0 Å². The summed E-state index contributed by atoms with van der Waals surface area (Å²) in [6.45, 7) is 5.86. The number of allylic oxidation sites excluding steroid dienone is 1. The lowest BCUT2D eigenvalue weighted by Crippen LogP contribution is -2.54. The molecular formula is C32H52N4O6. The maximum Gasteiger partial charge on any atom is 0.326 e. The highest BCUT2D eigenvalue weighted by Crippen LogP contribution is 2.35. The van der Waals surface area contributed by atoms with Gasteiger partial charge in [-0.1, -0.05) is 65.0 Å². The molecule has 0 aromatic rings. The van der Waals surface area contributed by atoms with Gasteiger partial charge in [-0.25, -0.2) is 9.59 Å². The van der Waals surface area contributed by atoms with Crippen LogP contribution in [0.3, 0.4) is 0 Å². The Morgan fingerprint density at radius 3 is 2.29 bits per heavy atom. The Bertz CT molecular complexity index is 974. The summed E-state index contributed by atoms with van der Waals surface area (Å²) in [5.74, 6) is -2.49. The molecule has 5 atom stereocenters. The first-order chi connectivity index (χ1) is 20.1. The fourth-order valence-corrected chi connectivity index (χ4v) is 6.39. The molecule has 1 heterocycles. The zero-order chi connectivity index (χ0) is 30.6. The molecule has 0 spiro atoms. The van der Waals surface area contributed by atoms with E-state index in [0.29, 0.717) is 13.0 Å². The van der Waals surface area contributed by atoms with Crippen molar-refractivity contribution in [3.63, 3.8) is 0 Å². The van der Waals surface area contributed by atoms with Crippen molar-refractivity contribution in [2.45, 2.75) is 122 Å². The molecule has 3 aliphatic rings. The zero-order valence-electron chi connectivity index (χ0n) is 25.7. The molecule has 0 radical (unpaired) electrons. The summed E-state index contributed by atoms with van der Waals surface area (Å²) in [6, 6.07) is -2.47. The molecule has 1 saturated heterocycles. The van der Waals surface area contributed by atoms with Crippen molar-refractivity contribution in [1.29, 1.82) is 0 Å². The van der Waals surface area contributed by atoms with E-state index < -0.39 is 35.9 Å². The Balaban J connectivity index is 1.52. The number of nitrogens with one attached hydrogen (secondary N) is 3. The largest absolute Gasteiger partial charge is 0.480 e. The van der Waals surface area contributed by atoms with Crippen molar-refractivity contribution in [3.8, 4) is 0 Å². The average Bonchev–Trinajstić information content (AvgIpc) is 3.72. The summed E-state index contributed by atoms with van der Waals surface area (Å²) >= 11 is 0. The summed E-state index contributed by atoms with van der Waals surface area (Å²) in [7, 11) is 0. The van der Waals surface area contributed by atoms with Crippen molar-refractivity contribution >= 4 is 29.6 Å². The van der Waals surface area contributed by atoms with Crippen LogP contribution in [0.25, 0.3) is 0 Å². The van der Waals surface area contributed by atoms with Gasteiger partial charge in [-0.05, 0) is 57.3 Å². The summed E-state index contributed by atoms with van der Waals surface area (Å²) in [4.78, 5) is 65.6. The topological polar surface area (TPSA) is 145 Å². The Kier molecular flexibility index (Phi) is 13.3. The predicted molar refractivity (Wildman–Crippen MR) is 161 cm³/mol. The van der Waals surface area contributed by atoms with Gasteiger partial charge in [0.05, 0.1) is 18.5 Å². The Hall–Kier alpha value is -2.91. The van der Waals surface area contributed by atoms with Crippen LogP contribution in [0.2, 0.25) is 0 Å². The summed E-state index contributed by atoms with van der Waals surface area (Å²) < 4.78 is 0. The van der Waals surface area contributed by atoms with Crippen LogP contribution in [-0.2, 0) is 19.2 Å². The zero-order valence-corrected chi connectivity index (χ0v) is 25.7. The molecule has 1 aliphatic heterocycles. The molecule has 2 aliphatic carbocycles. The number of aliphatic carboxylic acids is 1. The van der Waals surface area contributed by atoms with Crippen molar-refractivity contribution in [1.82, 2.24) is 20.9 Å². The first kappa shape index (κ1) is 33.6. The fraction of sp³-hybridized carbons (Fsp3) is 0.781. The number of carbonyl (C=O) groups excluding carboxylic acids is 4. The number of nitrogens with zero attached hydrogens (tertiary/aromatic N) is 1. The molecule has 2 saturated carbocycles. The number of carbonyl (C=O) groups is 5. The van der Waals surface area contributed by atoms with Crippen molar-refractivity contribution in [2.75, 3.05) is 13.1 Å². The third kappa shape index (κ3) is 9.83. The van der Waals surface area contributed by atoms with E-state index in [2.05, 4.69) is 22.9 Å². The Morgan fingerprint density at radius 2 is 1.64 bits per heavy atom. The second-order valence-electron chi connectivity index (χ2n) is 12.6. The van der Waals surface area contributed by atoms with E-state index in [-0.39, 0.29) is 42.0 Å². The second-order valence-corrected chi connectivity index (χ2v) is 12.6. The molecule has 4 N–H and O–H groups in total. The lowest BCUT2D eigenvalue weighted by Gasteiger charge is -2.31. The minimum atomic E-state index is -1.09. The molecule has 4 unspecified atom stereocenters. The number of unbranched alkanes of at least 4 members (excludes halogenated alkanes) is 3. The minimum Gasteiger partial charge on any atom is -0.480 e. The van der Waals surface area contributed by atoms with Gasteiger partial charge in [0.1, 0.15) is 6.04 Å². The number of ketones is 1. The molecule has 42 heavy (non-hydrogen) atoms. The summed E-state index contributed by atoms with van der Waals surface area (Å²) in [6.07, 6.45) is 16.2. The van der Waals surface area contributed by atoms with Crippen molar-refractivity contribution in [3.05, 3.63) is 12.2 Å². The minimum absolute atomic E-state index is 0.0439. The standard InChI is InChI=1S/C32H52N4O6/c1-4-5-6-7-9-13-21(2)27(31(40)41)34-30(39)22(3)25-16-12-19-36(25)26(37)20-33-32(42)35-28(29(38)24-17-18-24)23-14-10-8-11-15-23/h9,13,21-25,27-28H,4-8,10-12,14-20H2,1-3H3,(H,34,39)(H,40,41)(H2,33,35,42)/b13-9-/t21?,22-,25?,27?,28?/m1/s1. The number of amides is 4. The summed E-state index contributed by atoms with van der Waals surface area (Å²) in [5.41, 5.74) is 0.